The molecule has 0 N–H and O–H groups in total. The molecule has 0 fully saturated rings. The van der Waals surface area contributed by atoms with Crippen molar-refractivity contribution in [3.63, 3.8) is 0 Å². The van der Waals surface area contributed by atoms with Gasteiger partial charge in [0.25, 0.3) is 0 Å². The van der Waals surface area contributed by atoms with E-state index in [4.69, 9.17) is 0 Å². The first-order chi connectivity index (χ1) is 7.78. The van der Waals surface area contributed by atoms with Crippen molar-refractivity contribution in [2.45, 2.75) is 65.5 Å². The number of hydrogen-bond donors (Lipinski definition) is 0. The Labute approximate surface area is 102 Å². The van der Waals surface area contributed by atoms with E-state index in [0.29, 0.717) is 12.3 Å². The summed E-state index contributed by atoms with van der Waals surface area (Å²) in [5.74, 6) is 0.526. The van der Waals surface area contributed by atoms with Gasteiger partial charge in [0.2, 0.25) is 0 Å². The van der Waals surface area contributed by atoms with Gasteiger partial charge in [0.1, 0.15) is 5.78 Å². The molecule has 0 amide bonds. The van der Waals surface area contributed by atoms with Crippen LogP contribution < -0.4 is 0 Å². The second-order valence-electron chi connectivity index (χ2n) is 4.88. The van der Waals surface area contributed by atoms with Crippen LogP contribution in [-0.2, 0) is 4.79 Å². The van der Waals surface area contributed by atoms with Crippen molar-refractivity contribution >= 4 is 5.78 Å². The molecular weight excluding hydrogens is 229 g/mol. The second kappa shape index (κ2) is 7.72. The smallest absolute Gasteiger partial charge is 0.300 e. The van der Waals surface area contributed by atoms with Crippen LogP contribution in [0.4, 0.5) is 13.2 Å². The van der Waals surface area contributed by atoms with Crippen LogP contribution in [0.1, 0.15) is 59.3 Å². The molecule has 2 atom stereocenters. The van der Waals surface area contributed by atoms with Crippen molar-refractivity contribution in [3.8, 4) is 0 Å². The van der Waals surface area contributed by atoms with Crippen molar-refractivity contribution in [3.05, 3.63) is 0 Å². The van der Waals surface area contributed by atoms with Gasteiger partial charge in [0, 0.05) is 12.8 Å². The minimum atomic E-state index is -4.21. The molecule has 0 spiro atoms. The van der Waals surface area contributed by atoms with Gasteiger partial charge in [-0.05, 0) is 18.3 Å². The van der Waals surface area contributed by atoms with Gasteiger partial charge in [-0.25, -0.2) is 0 Å². The van der Waals surface area contributed by atoms with Crippen LogP contribution in [0, 0.1) is 11.8 Å². The molecule has 2 unspecified atom stereocenters. The lowest BCUT2D eigenvalue weighted by Crippen LogP contribution is -2.15. The highest BCUT2D eigenvalue weighted by atomic mass is 19.4. The molecule has 102 valence electrons. The largest absolute Gasteiger partial charge is 0.389 e. The van der Waals surface area contributed by atoms with Crippen LogP contribution in [-0.4, -0.2) is 12.0 Å². The van der Waals surface area contributed by atoms with Crippen molar-refractivity contribution in [2.75, 3.05) is 0 Å². The van der Waals surface area contributed by atoms with Gasteiger partial charge in [0.15, 0.2) is 0 Å². The van der Waals surface area contributed by atoms with Crippen LogP contribution in [0.15, 0.2) is 0 Å². The van der Waals surface area contributed by atoms with E-state index in [1.54, 1.807) is 0 Å². The first-order valence-electron chi connectivity index (χ1n) is 6.36. The summed E-state index contributed by atoms with van der Waals surface area (Å²) in [5.41, 5.74) is 0. The summed E-state index contributed by atoms with van der Waals surface area (Å²) in [7, 11) is 0. The monoisotopic (exact) mass is 252 g/mol. The van der Waals surface area contributed by atoms with E-state index >= 15 is 0 Å². The maximum Gasteiger partial charge on any atom is 0.389 e. The van der Waals surface area contributed by atoms with Crippen molar-refractivity contribution in [2.24, 2.45) is 11.8 Å². The lowest BCUT2D eigenvalue weighted by Gasteiger charge is -2.18. The van der Waals surface area contributed by atoms with Gasteiger partial charge >= 0.3 is 6.18 Å². The Morgan fingerprint density at radius 2 is 1.76 bits per heavy atom. The highest BCUT2D eigenvalue weighted by Gasteiger charge is 2.28. The normalized spacial score (nSPS) is 15.6. The third-order valence-corrected chi connectivity index (χ3v) is 3.21. The molecule has 0 aromatic heterocycles. The number of carbonyl (C=O) groups is 1. The lowest BCUT2D eigenvalue weighted by atomic mass is 9.88. The highest BCUT2D eigenvalue weighted by Crippen LogP contribution is 2.25. The zero-order valence-corrected chi connectivity index (χ0v) is 10.9. The van der Waals surface area contributed by atoms with E-state index in [1.165, 1.54) is 0 Å². The Morgan fingerprint density at radius 3 is 2.18 bits per heavy atom. The number of rotatable bonds is 8. The average Bonchev–Trinajstić information content (AvgIpc) is 2.24. The Bertz CT molecular complexity index is 223. The summed E-state index contributed by atoms with van der Waals surface area (Å²) in [5, 5.41) is 0. The van der Waals surface area contributed by atoms with E-state index in [9.17, 15) is 18.0 Å². The molecule has 1 nitrogen and oxygen atoms in total. The molecule has 0 aromatic rings. The van der Waals surface area contributed by atoms with Crippen molar-refractivity contribution < 1.29 is 18.0 Å². The summed E-state index contributed by atoms with van der Waals surface area (Å²) < 4.78 is 35.8. The quantitative estimate of drug-likeness (QED) is 0.609. The minimum Gasteiger partial charge on any atom is -0.300 e. The molecule has 0 aliphatic carbocycles. The van der Waals surface area contributed by atoms with Crippen LogP contribution in [0.2, 0.25) is 0 Å². The zero-order chi connectivity index (χ0) is 13.5. The van der Waals surface area contributed by atoms with Gasteiger partial charge < -0.3 is 0 Å². The van der Waals surface area contributed by atoms with E-state index < -0.39 is 12.6 Å². The molecular formula is C13H23F3O. The number of alkyl halides is 3. The average molecular weight is 252 g/mol. The third kappa shape index (κ3) is 9.19. The molecule has 0 saturated carbocycles. The van der Waals surface area contributed by atoms with Crippen LogP contribution in [0.3, 0.4) is 0 Å². The van der Waals surface area contributed by atoms with Gasteiger partial charge in [-0.2, -0.15) is 13.2 Å². The molecule has 0 saturated heterocycles. The first-order valence-corrected chi connectivity index (χ1v) is 6.36. The lowest BCUT2D eigenvalue weighted by molar-refractivity contribution is -0.143. The van der Waals surface area contributed by atoms with Crippen molar-refractivity contribution in [1.29, 1.82) is 0 Å². The number of ketones is 1. The summed E-state index contributed by atoms with van der Waals surface area (Å²) in [6, 6.07) is 0. The predicted octanol–water partition coefficient (Wildman–Crippen LogP) is 4.75. The Morgan fingerprint density at radius 1 is 1.18 bits per heavy atom. The Hall–Kier alpha value is -0.540. The number of carbonyl (C=O) groups excluding carboxylic acids is 1. The molecule has 0 aromatic carbocycles. The Kier molecular flexibility index (Phi) is 7.48. The standard InChI is InChI=1S/C13H23F3O/c1-4-10(3)8-11(5-2)9-12(17)6-7-13(14,15)16/h10-11H,4-9H2,1-3H3. The predicted molar refractivity (Wildman–Crippen MR) is 62.8 cm³/mol. The number of halogens is 3. The summed E-state index contributed by atoms with van der Waals surface area (Å²) in [4.78, 5) is 11.4. The maximum atomic E-state index is 11.9. The molecule has 0 aliphatic rings. The molecule has 0 aliphatic heterocycles. The number of Topliss-reactive ketones (excluding diaryl/α,β-unsaturated/α-hetero) is 1. The van der Waals surface area contributed by atoms with Gasteiger partial charge in [-0.3, -0.25) is 4.79 Å². The fourth-order valence-corrected chi connectivity index (χ4v) is 1.84. The fraction of sp³-hybridized carbons (Fsp3) is 0.923. The van der Waals surface area contributed by atoms with Crippen LogP contribution in [0.5, 0.6) is 0 Å². The topological polar surface area (TPSA) is 17.1 Å². The highest BCUT2D eigenvalue weighted by molar-refractivity contribution is 5.78. The molecule has 0 heterocycles. The summed E-state index contributed by atoms with van der Waals surface area (Å²) in [6.07, 6.45) is -2.41. The van der Waals surface area contributed by atoms with Crippen LogP contribution >= 0.6 is 0 Å². The van der Waals surface area contributed by atoms with E-state index in [-0.39, 0.29) is 18.1 Å². The van der Waals surface area contributed by atoms with E-state index in [2.05, 4.69) is 13.8 Å². The van der Waals surface area contributed by atoms with Gasteiger partial charge in [-0.1, -0.05) is 33.6 Å². The summed E-state index contributed by atoms with van der Waals surface area (Å²) in [6.45, 7) is 6.19. The fourth-order valence-electron chi connectivity index (χ4n) is 1.84. The molecule has 0 bridgehead atoms. The molecule has 4 heteroatoms. The van der Waals surface area contributed by atoms with Gasteiger partial charge in [-0.15, -0.1) is 0 Å². The zero-order valence-electron chi connectivity index (χ0n) is 10.9. The Balaban J connectivity index is 3.98. The third-order valence-electron chi connectivity index (χ3n) is 3.21. The molecule has 0 rings (SSSR count). The molecule has 0 radical (unpaired) electrons. The molecule has 17 heavy (non-hydrogen) atoms. The minimum absolute atomic E-state index is 0.241. The van der Waals surface area contributed by atoms with E-state index in [0.717, 1.165) is 19.3 Å². The maximum absolute atomic E-state index is 11.9. The number of hydrogen-bond acceptors (Lipinski definition) is 1. The summed E-state index contributed by atoms with van der Waals surface area (Å²) >= 11 is 0. The SMILES string of the molecule is CCC(C)CC(CC)CC(=O)CCC(F)(F)F. The van der Waals surface area contributed by atoms with Gasteiger partial charge in [0.05, 0.1) is 6.42 Å². The van der Waals surface area contributed by atoms with E-state index in [1.807, 2.05) is 6.92 Å². The first kappa shape index (κ1) is 16.5. The second-order valence-corrected chi connectivity index (χ2v) is 4.88. The van der Waals surface area contributed by atoms with Crippen molar-refractivity contribution in [1.82, 2.24) is 0 Å². The van der Waals surface area contributed by atoms with Crippen LogP contribution in [0.25, 0.3) is 0 Å².